The number of likely N-dealkylation sites (tertiary alicyclic amines) is 1. The zero-order chi connectivity index (χ0) is 13.8. The molecule has 0 radical (unpaired) electrons. The van der Waals surface area contributed by atoms with Crippen LogP contribution < -0.4 is 5.73 Å². The number of amides is 1. The first-order chi connectivity index (χ1) is 8.43. The first-order valence-electron chi connectivity index (χ1n) is 6.31. The summed E-state index contributed by atoms with van der Waals surface area (Å²) in [6.07, 6.45) is 2.69. The van der Waals surface area contributed by atoms with Crippen molar-refractivity contribution >= 4 is 11.7 Å². The normalized spacial score (nSPS) is 22.1. The van der Waals surface area contributed by atoms with E-state index in [0.717, 1.165) is 12.8 Å². The molecule has 1 unspecified atom stereocenters. The standard InChI is InChI=1S/C12H23N3O3/c1-12(2,10(13)14-18)11(17)15-6-3-4-9(8-15)5-7-16/h9,16,18H,3-8H2,1-2H3,(H2,13,14). The molecule has 1 atom stereocenters. The summed E-state index contributed by atoms with van der Waals surface area (Å²) >= 11 is 0. The molecule has 1 heterocycles. The van der Waals surface area contributed by atoms with Crippen LogP contribution in [0.3, 0.4) is 0 Å². The van der Waals surface area contributed by atoms with E-state index in [1.807, 2.05) is 0 Å². The Kier molecular flexibility index (Phi) is 4.95. The Morgan fingerprint density at radius 2 is 2.22 bits per heavy atom. The number of aliphatic hydroxyl groups is 1. The van der Waals surface area contributed by atoms with Gasteiger partial charge in [-0.3, -0.25) is 4.79 Å². The zero-order valence-corrected chi connectivity index (χ0v) is 11.1. The summed E-state index contributed by atoms with van der Waals surface area (Å²) in [5.74, 6) is 0.146. The highest BCUT2D eigenvalue weighted by atomic mass is 16.4. The van der Waals surface area contributed by atoms with Gasteiger partial charge in [0, 0.05) is 19.7 Å². The summed E-state index contributed by atoms with van der Waals surface area (Å²) in [7, 11) is 0. The molecule has 0 aliphatic carbocycles. The van der Waals surface area contributed by atoms with Gasteiger partial charge >= 0.3 is 0 Å². The lowest BCUT2D eigenvalue weighted by molar-refractivity contribution is -0.139. The van der Waals surface area contributed by atoms with Gasteiger partial charge in [0.2, 0.25) is 5.91 Å². The molecular weight excluding hydrogens is 234 g/mol. The van der Waals surface area contributed by atoms with Crippen LogP contribution in [0.1, 0.15) is 33.1 Å². The third kappa shape index (κ3) is 3.13. The lowest BCUT2D eigenvalue weighted by Gasteiger charge is -2.37. The average molecular weight is 257 g/mol. The summed E-state index contributed by atoms with van der Waals surface area (Å²) in [6, 6.07) is 0. The van der Waals surface area contributed by atoms with Crippen molar-refractivity contribution < 1.29 is 15.1 Å². The van der Waals surface area contributed by atoms with Crippen LogP contribution in [0.5, 0.6) is 0 Å². The number of nitrogens with two attached hydrogens (primary N) is 1. The number of carbonyl (C=O) groups excluding carboxylic acids is 1. The smallest absolute Gasteiger partial charge is 0.235 e. The number of amidine groups is 1. The second kappa shape index (κ2) is 6.04. The number of rotatable bonds is 4. The van der Waals surface area contributed by atoms with Gasteiger partial charge in [-0.2, -0.15) is 0 Å². The molecule has 0 bridgehead atoms. The number of aliphatic hydroxyl groups excluding tert-OH is 1. The maximum absolute atomic E-state index is 12.4. The van der Waals surface area contributed by atoms with Crippen LogP contribution in [0.2, 0.25) is 0 Å². The van der Waals surface area contributed by atoms with Gasteiger partial charge in [0.15, 0.2) is 5.84 Å². The third-order valence-corrected chi connectivity index (χ3v) is 3.63. The molecule has 18 heavy (non-hydrogen) atoms. The van der Waals surface area contributed by atoms with Crippen molar-refractivity contribution in [3.8, 4) is 0 Å². The number of hydrogen-bond acceptors (Lipinski definition) is 4. The fraction of sp³-hybridized carbons (Fsp3) is 0.833. The highest BCUT2D eigenvalue weighted by molar-refractivity contribution is 6.05. The van der Waals surface area contributed by atoms with E-state index in [2.05, 4.69) is 5.16 Å². The summed E-state index contributed by atoms with van der Waals surface area (Å²) < 4.78 is 0. The fourth-order valence-electron chi connectivity index (χ4n) is 2.30. The molecule has 0 aromatic heterocycles. The predicted octanol–water partition coefficient (Wildman–Crippen LogP) is 0.380. The van der Waals surface area contributed by atoms with Crippen LogP contribution in [0, 0.1) is 11.3 Å². The van der Waals surface area contributed by atoms with Crippen LogP contribution in [-0.4, -0.2) is 46.7 Å². The molecule has 1 aliphatic heterocycles. The van der Waals surface area contributed by atoms with Gasteiger partial charge in [-0.1, -0.05) is 5.16 Å². The number of piperidine rings is 1. The van der Waals surface area contributed by atoms with Crippen molar-refractivity contribution in [3.63, 3.8) is 0 Å². The van der Waals surface area contributed by atoms with Crippen LogP contribution in [0.25, 0.3) is 0 Å². The van der Waals surface area contributed by atoms with Crippen LogP contribution in [0.4, 0.5) is 0 Å². The van der Waals surface area contributed by atoms with E-state index in [-0.39, 0.29) is 18.3 Å². The summed E-state index contributed by atoms with van der Waals surface area (Å²) in [5, 5.41) is 20.6. The van der Waals surface area contributed by atoms with E-state index in [4.69, 9.17) is 16.0 Å². The second-order valence-electron chi connectivity index (χ2n) is 5.38. The van der Waals surface area contributed by atoms with E-state index in [1.165, 1.54) is 0 Å². The Bertz CT molecular complexity index is 327. The van der Waals surface area contributed by atoms with Crippen molar-refractivity contribution in [2.75, 3.05) is 19.7 Å². The Morgan fingerprint density at radius 1 is 1.56 bits per heavy atom. The molecule has 6 nitrogen and oxygen atoms in total. The molecule has 4 N–H and O–H groups in total. The Balaban J connectivity index is 2.72. The molecule has 0 aromatic rings. The first kappa shape index (κ1) is 14.8. The van der Waals surface area contributed by atoms with E-state index in [9.17, 15) is 4.79 Å². The van der Waals surface area contributed by atoms with Gasteiger partial charge < -0.3 is 20.9 Å². The largest absolute Gasteiger partial charge is 0.409 e. The molecule has 0 saturated carbocycles. The van der Waals surface area contributed by atoms with Crippen molar-refractivity contribution in [2.24, 2.45) is 22.2 Å². The first-order valence-corrected chi connectivity index (χ1v) is 6.31. The van der Waals surface area contributed by atoms with Gasteiger partial charge in [0.05, 0.1) is 0 Å². The fourth-order valence-corrected chi connectivity index (χ4v) is 2.30. The topological polar surface area (TPSA) is 99.2 Å². The molecule has 104 valence electrons. The molecule has 6 heteroatoms. The maximum atomic E-state index is 12.4. The molecule has 1 amide bonds. The Hall–Kier alpha value is -1.30. The van der Waals surface area contributed by atoms with Crippen LogP contribution in [-0.2, 0) is 4.79 Å². The minimum Gasteiger partial charge on any atom is -0.409 e. The van der Waals surface area contributed by atoms with Crippen molar-refractivity contribution in [2.45, 2.75) is 33.1 Å². The second-order valence-corrected chi connectivity index (χ2v) is 5.38. The number of oxime groups is 1. The van der Waals surface area contributed by atoms with Crippen LogP contribution in [0.15, 0.2) is 5.16 Å². The maximum Gasteiger partial charge on any atom is 0.235 e. The Morgan fingerprint density at radius 3 is 2.78 bits per heavy atom. The highest BCUT2D eigenvalue weighted by Crippen LogP contribution is 2.25. The van der Waals surface area contributed by atoms with Gasteiger partial charge in [0.25, 0.3) is 0 Å². The molecule has 1 aliphatic rings. The molecule has 1 saturated heterocycles. The zero-order valence-electron chi connectivity index (χ0n) is 11.1. The van der Waals surface area contributed by atoms with Gasteiger partial charge in [-0.25, -0.2) is 0 Å². The minimum absolute atomic E-state index is 0.0724. The lowest BCUT2D eigenvalue weighted by atomic mass is 9.87. The molecule has 1 rings (SSSR count). The SMILES string of the molecule is CC(C)(C(=O)N1CCCC(CCO)C1)C(N)=NO. The number of hydrogen-bond donors (Lipinski definition) is 3. The van der Waals surface area contributed by atoms with E-state index in [1.54, 1.807) is 18.7 Å². The number of carbonyl (C=O) groups is 1. The molecular formula is C12H23N3O3. The number of nitrogens with zero attached hydrogens (tertiary/aromatic N) is 2. The van der Waals surface area contributed by atoms with Crippen LogP contribution >= 0.6 is 0 Å². The van der Waals surface area contributed by atoms with Crippen molar-refractivity contribution in [3.05, 3.63) is 0 Å². The molecule has 0 spiro atoms. The van der Waals surface area contributed by atoms with E-state index < -0.39 is 5.41 Å². The van der Waals surface area contributed by atoms with Gasteiger partial charge in [-0.05, 0) is 39.0 Å². The van der Waals surface area contributed by atoms with E-state index in [0.29, 0.717) is 25.4 Å². The summed E-state index contributed by atoms with van der Waals surface area (Å²) in [4.78, 5) is 14.1. The van der Waals surface area contributed by atoms with Gasteiger partial charge in [-0.15, -0.1) is 0 Å². The average Bonchev–Trinajstić information content (AvgIpc) is 2.37. The third-order valence-electron chi connectivity index (χ3n) is 3.63. The molecule has 1 fully saturated rings. The van der Waals surface area contributed by atoms with Crippen molar-refractivity contribution in [1.82, 2.24) is 4.90 Å². The predicted molar refractivity (Wildman–Crippen MR) is 68.2 cm³/mol. The summed E-state index contributed by atoms with van der Waals surface area (Å²) in [6.45, 7) is 4.79. The van der Waals surface area contributed by atoms with E-state index >= 15 is 0 Å². The Labute approximate surface area is 107 Å². The monoisotopic (exact) mass is 257 g/mol. The van der Waals surface area contributed by atoms with Crippen molar-refractivity contribution in [1.29, 1.82) is 0 Å². The summed E-state index contributed by atoms with van der Waals surface area (Å²) in [5.41, 5.74) is 4.57. The van der Waals surface area contributed by atoms with Gasteiger partial charge in [0.1, 0.15) is 5.41 Å². The quantitative estimate of drug-likeness (QED) is 0.293. The minimum atomic E-state index is -0.990. The lowest BCUT2D eigenvalue weighted by Crippen LogP contribution is -2.51. The molecule has 0 aromatic carbocycles. The highest BCUT2D eigenvalue weighted by Gasteiger charge is 2.37.